The second-order valence-electron chi connectivity index (χ2n) is 6.01. The van der Waals surface area contributed by atoms with Gasteiger partial charge in [-0.25, -0.2) is 14.2 Å². The van der Waals surface area contributed by atoms with Crippen molar-refractivity contribution >= 4 is 60.6 Å². The van der Waals surface area contributed by atoms with Crippen molar-refractivity contribution in [1.29, 1.82) is 0 Å². The van der Waals surface area contributed by atoms with Gasteiger partial charge >= 0.3 is 6.03 Å². The molecule has 4 rings (SSSR count). The first-order chi connectivity index (χ1) is 13.5. The first kappa shape index (κ1) is 18.4. The summed E-state index contributed by atoms with van der Waals surface area (Å²) in [5.41, 5.74) is 9.02. The molecule has 4 aromatic rings. The predicted molar refractivity (Wildman–Crippen MR) is 116 cm³/mol. The van der Waals surface area contributed by atoms with Gasteiger partial charge in [0.15, 0.2) is 0 Å². The summed E-state index contributed by atoms with van der Waals surface area (Å²) in [4.78, 5) is 16.3. The highest BCUT2D eigenvalue weighted by Gasteiger charge is 2.13. The van der Waals surface area contributed by atoms with Gasteiger partial charge in [-0.05, 0) is 57.2 Å². The number of nitrogen functional groups attached to an aromatic ring is 1. The van der Waals surface area contributed by atoms with Crippen LogP contribution in [0.15, 0.2) is 64.6 Å². The summed E-state index contributed by atoms with van der Waals surface area (Å²) < 4.78 is 15.1. The maximum absolute atomic E-state index is 13.2. The van der Waals surface area contributed by atoms with E-state index in [1.807, 2.05) is 17.5 Å². The van der Waals surface area contributed by atoms with E-state index in [9.17, 15) is 9.18 Å². The fraction of sp³-hybridized carbons (Fsp3) is 0. The van der Waals surface area contributed by atoms with Crippen molar-refractivity contribution in [3.63, 3.8) is 0 Å². The van der Waals surface area contributed by atoms with Crippen molar-refractivity contribution in [2.45, 2.75) is 0 Å². The summed E-state index contributed by atoms with van der Waals surface area (Å²) in [5.74, 6) is 0.0664. The number of carbonyl (C=O) groups excluding carboxylic acids is 1. The number of hydrogen-bond acceptors (Lipinski definition) is 4. The quantitative estimate of drug-likeness (QED) is 0.348. The Morgan fingerprint density at radius 1 is 1.11 bits per heavy atom. The Morgan fingerprint density at radius 3 is 2.61 bits per heavy atom. The Hall–Kier alpha value is -2.97. The molecule has 0 aliphatic heterocycles. The SMILES string of the molecule is Nc1ncc(Br)c2scc(-c3ccc(NC(=O)Nc4cccc(F)c4)cc3)c12. The number of rotatable bonds is 3. The fourth-order valence-corrected chi connectivity index (χ4v) is 4.41. The summed E-state index contributed by atoms with van der Waals surface area (Å²) in [7, 11) is 0. The third-order valence-corrected chi connectivity index (χ3v) is 5.99. The van der Waals surface area contributed by atoms with E-state index in [4.69, 9.17) is 5.73 Å². The number of thiophene rings is 1. The monoisotopic (exact) mass is 456 g/mol. The van der Waals surface area contributed by atoms with Crippen LogP contribution < -0.4 is 16.4 Å². The summed E-state index contributed by atoms with van der Waals surface area (Å²) in [6, 6.07) is 12.7. The zero-order chi connectivity index (χ0) is 19.7. The molecule has 0 saturated heterocycles. The van der Waals surface area contributed by atoms with Crippen molar-refractivity contribution in [3.05, 3.63) is 70.4 Å². The van der Waals surface area contributed by atoms with E-state index < -0.39 is 11.8 Å². The van der Waals surface area contributed by atoms with Crippen LogP contribution in [0, 0.1) is 5.82 Å². The molecule has 5 nitrogen and oxygen atoms in total. The number of amides is 2. The second kappa shape index (κ2) is 7.57. The zero-order valence-electron chi connectivity index (χ0n) is 14.4. The largest absolute Gasteiger partial charge is 0.383 e. The number of aromatic nitrogens is 1. The zero-order valence-corrected chi connectivity index (χ0v) is 16.8. The third-order valence-electron chi connectivity index (χ3n) is 4.12. The van der Waals surface area contributed by atoms with E-state index in [1.54, 1.807) is 35.7 Å². The second-order valence-corrected chi connectivity index (χ2v) is 7.75. The van der Waals surface area contributed by atoms with Crippen LogP contribution in [0.2, 0.25) is 0 Å². The lowest BCUT2D eigenvalue weighted by Gasteiger charge is -2.09. The van der Waals surface area contributed by atoms with Gasteiger partial charge in [-0.15, -0.1) is 11.3 Å². The van der Waals surface area contributed by atoms with Crippen LogP contribution in [0.1, 0.15) is 0 Å². The molecule has 0 spiro atoms. The maximum Gasteiger partial charge on any atom is 0.323 e. The topological polar surface area (TPSA) is 80.0 Å². The van der Waals surface area contributed by atoms with Crippen LogP contribution in [0.4, 0.5) is 26.4 Å². The molecule has 0 atom stereocenters. The lowest BCUT2D eigenvalue weighted by atomic mass is 10.0. The minimum atomic E-state index is -0.447. The number of nitrogens with zero attached hydrogens (tertiary/aromatic N) is 1. The molecule has 2 aromatic carbocycles. The molecule has 0 radical (unpaired) electrons. The van der Waals surface area contributed by atoms with Crippen LogP contribution in [-0.4, -0.2) is 11.0 Å². The molecule has 0 aliphatic rings. The van der Waals surface area contributed by atoms with Crippen LogP contribution in [0.25, 0.3) is 21.2 Å². The normalized spacial score (nSPS) is 10.8. The summed E-state index contributed by atoms with van der Waals surface area (Å²) in [6.07, 6.45) is 1.70. The van der Waals surface area contributed by atoms with E-state index in [0.717, 1.165) is 25.7 Å². The predicted octanol–water partition coefficient (Wildman–Crippen LogP) is 6.09. The van der Waals surface area contributed by atoms with Crippen molar-refractivity contribution in [2.75, 3.05) is 16.4 Å². The van der Waals surface area contributed by atoms with E-state index in [1.165, 1.54) is 18.2 Å². The van der Waals surface area contributed by atoms with E-state index in [2.05, 4.69) is 31.5 Å². The Bertz CT molecular complexity index is 1180. The molecule has 2 heterocycles. The van der Waals surface area contributed by atoms with Crippen molar-refractivity contribution in [1.82, 2.24) is 4.98 Å². The number of anilines is 3. The lowest BCUT2D eigenvalue weighted by Crippen LogP contribution is -2.19. The number of benzene rings is 2. The molecule has 0 aliphatic carbocycles. The average Bonchev–Trinajstić information content (AvgIpc) is 3.12. The lowest BCUT2D eigenvalue weighted by molar-refractivity contribution is 0.262. The smallest absolute Gasteiger partial charge is 0.323 e. The average molecular weight is 457 g/mol. The number of nitrogens with one attached hydrogen (secondary N) is 2. The minimum absolute atomic E-state index is 0.382. The van der Waals surface area contributed by atoms with Gasteiger partial charge in [0.2, 0.25) is 0 Å². The van der Waals surface area contributed by atoms with E-state index in [-0.39, 0.29) is 0 Å². The molecule has 4 N–H and O–H groups in total. The molecule has 0 unspecified atom stereocenters. The van der Waals surface area contributed by atoms with Gasteiger partial charge < -0.3 is 16.4 Å². The molecule has 140 valence electrons. The van der Waals surface area contributed by atoms with Gasteiger partial charge in [0, 0.05) is 28.5 Å². The molecule has 8 heteroatoms. The Balaban J connectivity index is 1.53. The van der Waals surface area contributed by atoms with Gasteiger partial charge in [-0.3, -0.25) is 0 Å². The number of nitrogens with two attached hydrogens (primary N) is 1. The number of carbonyl (C=O) groups is 1. The number of halogens is 2. The highest BCUT2D eigenvalue weighted by Crippen LogP contribution is 2.40. The highest BCUT2D eigenvalue weighted by atomic mass is 79.9. The first-order valence-electron chi connectivity index (χ1n) is 8.26. The van der Waals surface area contributed by atoms with Gasteiger partial charge in [-0.1, -0.05) is 18.2 Å². The number of urea groups is 1. The number of hydrogen-bond donors (Lipinski definition) is 3. The van der Waals surface area contributed by atoms with Crippen molar-refractivity contribution < 1.29 is 9.18 Å². The van der Waals surface area contributed by atoms with Crippen LogP contribution in [0.5, 0.6) is 0 Å². The van der Waals surface area contributed by atoms with Crippen LogP contribution in [0.3, 0.4) is 0 Å². The Labute approximate surface area is 172 Å². The van der Waals surface area contributed by atoms with Gasteiger partial charge in [0.05, 0.1) is 9.17 Å². The highest BCUT2D eigenvalue weighted by molar-refractivity contribution is 9.10. The standard InChI is InChI=1S/C20H14BrFN4OS/c21-16-9-24-19(23)17-15(10-28-18(16)17)11-4-6-13(7-5-11)25-20(27)26-14-3-1-2-12(22)8-14/h1-10H,(H2,23,24)(H2,25,26,27). The summed E-state index contributed by atoms with van der Waals surface area (Å²) in [6.45, 7) is 0. The van der Waals surface area contributed by atoms with Gasteiger partial charge in [0.25, 0.3) is 0 Å². The molecule has 2 amide bonds. The minimum Gasteiger partial charge on any atom is -0.383 e. The molecule has 28 heavy (non-hydrogen) atoms. The number of fused-ring (bicyclic) bond motifs is 1. The van der Waals surface area contributed by atoms with E-state index in [0.29, 0.717) is 17.2 Å². The third kappa shape index (κ3) is 3.69. The van der Waals surface area contributed by atoms with Crippen LogP contribution in [-0.2, 0) is 0 Å². The van der Waals surface area contributed by atoms with Gasteiger partial charge in [0.1, 0.15) is 11.6 Å². The Kier molecular flexibility index (Phi) is 4.97. The molecule has 2 aromatic heterocycles. The van der Waals surface area contributed by atoms with Crippen molar-refractivity contribution in [3.8, 4) is 11.1 Å². The molecular formula is C20H14BrFN4OS. The molecule has 0 fully saturated rings. The summed E-state index contributed by atoms with van der Waals surface area (Å²) >= 11 is 5.09. The van der Waals surface area contributed by atoms with Crippen molar-refractivity contribution in [2.24, 2.45) is 0 Å². The maximum atomic E-state index is 13.2. The fourth-order valence-electron chi connectivity index (χ4n) is 2.84. The molecule has 0 bridgehead atoms. The molecule has 0 saturated carbocycles. The molecular weight excluding hydrogens is 443 g/mol. The summed E-state index contributed by atoms with van der Waals surface area (Å²) in [5, 5.41) is 8.26. The Morgan fingerprint density at radius 2 is 1.86 bits per heavy atom. The number of pyridine rings is 1. The van der Waals surface area contributed by atoms with E-state index >= 15 is 0 Å². The van der Waals surface area contributed by atoms with Gasteiger partial charge in [-0.2, -0.15) is 0 Å². The first-order valence-corrected chi connectivity index (χ1v) is 9.94. The van der Waals surface area contributed by atoms with Crippen LogP contribution >= 0.6 is 27.3 Å².